The molecule has 1 aromatic rings. The van der Waals surface area contributed by atoms with Gasteiger partial charge in [0, 0.05) is 26.2 Å². The molecule has 2 atom stereocenters. The molecule has 1 spiro atoms. The molecule has 1 saturated carbocycles. The minimum Gasteiger partial charge on any atom is -0.340 e. The monoisotopic (exact) mass is 519 g/mol. The molecule has 0 radical (unpaired) electrons. The number of likely N-dealkylation sites (tertiary alicyclic amines) is 1. The molecule has 2 aliphatic heterocycles. The van der Waals surface area contributed by atoms with Gasteiger partial charge in [0.2, 0.25) is 11.8 Å². The maximum Gasteiger partial charge on any atom is 0.264 e. The summed E-state index contributed by atoms with van der Waals surface area (Å²) in [4.78, 5) is 31.9. The second kappa shape index (κ2) is 11.6. The van der Waals surface area contributed by atoms with Gasteiger partial charge in [-0.05, 0) is 43.6 Å². The largest absolute Gasteiger partial charge is 0.340 e. The van der Waals surface area contributed by atoms with Gasteiger partial charge < -0.3 is 10.2 Å². The lowest BCUT2D eigenvalue weighted by Crippen LogP contribution is -2.75. The van der Waals surface area contributed by atoms with Crippen molar-refractivity contribution in [1.82, 2.24) is 15.1 Å². The fourth-order valence-corrected chi connectivity index (χ4v) is 6.86. The van der Waals surface area contributed by atoms with E-state index in [0.717, 1.165) is 70.8 Å². The molecule has 2 amide bonds. The molecule has 9 heteroatoms. The number of nitrogens with zero attached hydrogens (tertiary/aromatic N) is 2. The van der Waals surface area contributed by atoms with Gasteiger partial charge in [-0.25, -0.2) is 0 Å². The van der Waals surface area contributed by atoms with Crippen LogP contribution >= 0.6 is 0 Å². The van der Waals surface area contributed by atoms with Crippen LogP contribution in [-0.2, 0) is 30.4 Å². The van der Waals surface area contributed by atoms with Crippen LogP contribution in [0, 0.1) is 5.92 Å². The zero-order valence-electron chi connectivity index (χ0n) is 21.7. The van der Waals surface area contributed by atoms with Gasteiger partial charge in [-0.2, -0.15) is 8.42 Å². The minimum absolute atomic E-state index is 0.0717. The van der Waals surface area contributed by atoms with E-state index in [9.17, 15) is 18.0 Å². The van der Waals surface area contributed by atoms with Crippen LogP contribution in [0.15, 0.2) is 30.3 Å². The molecule has 0 aromatic heterocycles. The molecule has 1 aliphatic carbocycles. The van der Waals surface area contributed by atoms with E-state index in [1.165, 1.54) is 5.56 Å². The number of carbonyl (C=O) groups is 2. The Morgan fingerprint density at radius 2 is 1.75 bits per heavy atom. The van der Waals surface area contributed by atoms with Crippen LogP contribution in [0.4, 0.5) is 0 Å². The molecule has 0 unspecified atom stereocenters. The topological polar surface area (TPSA) is 96.0 Å². The summed E-state index contributed by atoms with van der Waals surface area (Å²) in [6, 6.07) is 9.30. The van der Waals surface area contributed by atoms with E-state index < -0.39 is 27.8 Å². The van der Waals surface area contributed by atoms with E-state index in [-0.39, 0.29) is 17.7 Å². The van der Waals surface area contributed by atoms with E-state index >= 15 is 0 Å². The highest BCUT2D eigenvalue weighted by Crippen LogP contribution is 2.37. The first-order chi connectivity index (χ1) is 17.2. The first-order valence-corrected chi connectivity index (χ1v) is 15.3. The summed E-state index contributed by atoms with van der Waals surface area (Å²) in [5.41, 5.74) is 0.340. The van der Waals surface area contributed by atoms with E-state index in [4.69, 9.17) is 4.18 Å². The van der Waals surface area contributed by atoms with Crippen LogP contribution < -0.4 is 5.32 Å². The molecule has 3 aliphatic rings. The van der Waals surface area contributed by atoms with Crippen molar-refractivity contribution in [3.05, 3.63) is 35.9 Å². The first-order valence-electron chi connectivity index (χ1n) is 13.5. The SMILES string of the molecule is CCCCN1C(=O)[C@@H]([C@H](OS(C)(=O)=O)C2CCCCC2)NC(=O)C12CCN(Cc1ccccc1)CC2. The number of hydrogen-bond acceptors (Lipinski definition) is 6. The van der Waals surface area contributed by atoms with E-state index in [1.807, 2.05) is 18.2 Å². The van der Waals surface area contributed by atoms with Crippen LogP contribution in [0.25, 0.3) is 0 Å². The average molecular weight is 520 g/mol. The number of hydrogen-bond donors (Lipinski definition) is 1. The summed E-state index contributed by atoms with van der Waals surface area (Å²) in [5, 5.41) is 2.98. The normalized spacial score (nSPS) is 24.6. The Balaban J connectivity index is 1.55. The summed E-state index contributed by atoms with van der Waals surface area (Å²) in [6.45, 7) is 4.81. The molecular weight excluding hydrogens is 478 g/mol. The highest BCUT2D eigenvalue weighted by atomic mass is 32.2. The van der Waals surface area contributed by atoms with Gasteiger partial charge in [-0.1, -0.05) is 62.9 Å². The Bertz CT molecular complexity index is 1000. The Morgan fingerprint density at radius 1 is 1.08 bits per heavy atom. The predicted octanol–water partition coefficient (Wildman–Crippen LogP) is 3.07. The zero-order valence-corrected chi connectivity index (χ0v) is 22.5. The molecule has 0 bridgehead atoms. The van der Waals surface area contributed by atoms with Crippen molar-refractivity contribution in [2.75, 3.05) is 25.9 Å². The molecule has 1 aromatic carbocycles. The smallest absolute Gasteiger partial charge is 0.264 e. The van der Waals surface area contributed by atoms with Crippen LogP contribution in [0.1, 0.15) is 70.3 Å². The minimum atomic E-state index is -3.80. The molecular formula is C27H41N3O5S. The van der Waals surface area contributed by atoms with Gasteiger partial charge in [-0.15, -0.1) is 0 Å². The number of carbonyl (C=O) groups excluding carboxylic acids is 2. The van der Waals surface area contributed by atoms with E-state index in [0.29, 0.717) is 19.4 Å². The Labute approximate surface area is 215 Å². The summed E-state index contributed by atoms with van der Waals surface area (Å²) >= 11 is 0. The summed E-state index contributed by atoms with van der Waals surface area (Å²) in [5.74, 6) is -0.434. The van der Waals surface area contributed by atoms with Crippen molar-refractivity contribution in [2.45, 2.75) is 88.9 Å². The average Bonchev–Trinajstić information content (AvgIpc) is 2.87. The lowest BCUT2D eigenvalue weighted by molar-refractivity contribution is -0.165. The third kappa shape index (κ3) is 6.11. The number of piperazine rings is 1. The van der Waals surface area contributed by atoms with E-state index in [1.54, 1.807) is 4.90 Å². The lowest BCUT2D eigenvalue weighted by Gasteiger charge is -2.53. The van der Waals surface area contributed by atoms with Gasteiger partial charge >= 0.3 is 0 Å². The number of nitrogens with one attached hydrogen (secondary N) is 1. The van der Waals surface area contributed by atoms with E-state index in [2.05, 4.69) is 29.3 Å². The lowest BCUT2D eigenvalue weighted by atomic mass is 9.78. The van der Waals surface area contributed by atoms with Gasteiger partial charge in [-0.3, -0.25) is 18.7 Å². The molecule has 3 fully saturated rings. The summed E-state index contributed by atoms with van der Waals surface area (Å²) < 4.78 is 29.9. The second-order valence-electron chi connectivity index (χ2n) is 10.8. The van der Waals surface area contributed by atoms with Crippen molar-refractivity contribution in [3.63, 3.8) is 0 Å². The maximum absolute atomic E-state index is 14.0. The van der Waals surface area contributed by atoms with Crippen molar-refractivity contribution >= 4 is 21.9 Å². The standard InChI is InChI=1S/C27H41N3O5S/c1-3-4-17-30-25(31)23(24(35-36(2,33)34)22-13-9-6-10-14-22)28-26(32)27(30)15-18-29(19-16-27)20-21-11-7-5-8-12-21/h5,7-8,11-12,22-24H,3-4,6,9-10,13-20H2,1-2H3,(H,28,32)/t23-,24-/m1/s1. The highest BCUT2D eigenvalue weighted by Gasteiger charge is 2.56. The van der Waals surface area contributed by atoms with Gasteiger partial charge in [0.25, 0.3) is 10.1 Å². The van der Waals surface area contributed by atoms with Gasteiger partial charge in [0.1, 0.15) is 17.7 Å². The van der Waals surface area contributed by atoms with Crippen molar-refractivity contribution in [2.24, 2.45) is 5.92 Å². The quantitative estimate of drug-likeness (QED) is 0.504. The van der Waals surface area contributed by atoms with Crippen LogP contribution in [0.3, 0.4) is 0 Å². The van der Waals surface area contributed by atoms with Crippen LogP contribution in [0.5, 0.6) is 0 Å². The predicted molar refractivity (Wildman–Crippen MR) is 139 cm³/mol. The second-order valence-corrected chi connectivity index (χ2v) is 12.4. The summed E-state index contributed by atoms with van der Waals surface area (Å²) in [6.07, 6.45) is 7.63. The number of unbranched alkanes of at least 4 members (excludes halogenated alkanes) is 1. The van der Waals surface area contributed by atoms with Crippen LogP contribution in [-0.4, -0.2) is 73.6 Å². The molecule has 2 heterocycles. The zero-order chi connectivity index (χ0) is 25.8. The third-order valence-corrected chi connectivity index (χ3v) is 8.73. The summed E-state index contributed by atoms with van der Waals surface area (Å²) in [7, 11) is -3.80. The molecule has 36 heavy (non-hydrogen) atoms. The fourth-order valence-electron chi connectivity index (χ4n) is 6.19. The molecule has 1 N–H and O–H groups in total. The molecule has 8 nitrogen and oxygen atoms in total. The van der Waals surface area contributed by atoms with Crippen molar-refractivity contribution in [1.29, 1.82) is 0 Å². The fraction of sp³-hybridized carbons (Fsp3) is 0.704. The molecule has 4 rings (SSSR count). The molecule has 200 valence electrons. The number of rotatable bonds is 9. The van der Waals surface area contributed by atoms with Gasteiger partial charge in [0.15, 0.2) is 0 Å². The van der Waals surface area contributed by atoms with Crippen molar-refractivity contribution < 1.29 is 22.2 Å². The Kier molecular flexibility index (Phi) is 8.73. The van der Waals surface area contributed by atoms with Gasteiger partial charge in [0.05, 0.1) is 6.26 Å². The number of piperidine rings is 1. The molecule has 2 saturated heterocycles. The third-order valence-electron chi connectivity index (χ3n) is 8.15. The maximum atomic E-state index is 14.0. The Hall–Kier alpha value is -1.97. The first kappa shape index (κ1) is 27.1. The number of benzene rings is 1. The Morgan fingerprint density at radius 3 is 2.36 bits per heavy atom. The highest BCUT2D eigenvalue weighted by molar-refractivity contribution is 7.86. The van der Waals surface area contributed by atoms with Crippen LogP contribution in [0.2, 0.25) is 0 Å². The van der Waals surface area contributed by atoms with Crippen molar-refractivity contribution in [3.8, 4) is 0 Å². The number of amides is 2.